The third-order valence-corrected chi connectivity index (χ3v) is 6.17. The molecule has 1 aliphatic heterocycles. The van der Waals surface area contributed by atoms with Gasteiger partial charge in [0.1, 0.15) is 0 Å². The average Bonchev–Trinajstić information content (AvgIpc) is 2.66. The lowest BCUT2D eigenvalue weighted by atomic mass is 9.92. The van der Waals surface area contributed by atoms with Gasteiger partial charge in [0.05, 0.1) is 22.8 Å². The zero-order valence-electron chi connectivity index (χ0n) is 17.0. The highest BCUT2D eigenvalue weighted by atomic mass is 32.2. The van der Waals surface area contributed by atoms with Crippen LogP contribution in [-0.4, -0.2) is 26.2 Å². The molecule has 1 amide bonds. The number of hydrogen-bond donors (Lipinski definition) is 1. The summed E-state index contributed by atoms with van der Waals surface area (Å²) in [7, 11) is 0. The SMILES string of the molecule is Cc1cc(NC(=O)C2CSc3nc(C(C)(C)C)cc(=O)n3C2)c2ccccc2n1. The third-order valence-electron chi connectivity index (χ3n) is 5.03. The Morgan fingerprint density at radius 3 is 2.72 bits per heavy atom. The number of carbonyl (C=O) groups excluding carboxylic acids is 1. The van der Waals surface area contributed by atoms with Crippen molar-refractivity contribution in [3.05, 3.63) is 58.1 Å². The molecular formula is C22H24N4O2S. The molecule has 0 spiro atoms. The first kappa shape index (κ1) is 19.6. The van der Waals surface area contributed by atoms with Crippen molar-refractivity contribution in [1.82, 2.24) is 14.5 Å². The summed E-state index contributed by atoms with van der Waals surface area (Å²) in [4.78, 5) is 34.8. The first-order valence-electron chi connectivity index (χ1n) is 9.65. The number of carbonyl (C=O) groups is 1. The van der Waals surface area contributed by atoms with Gasteiger partial charge < -0.3 is 5.32 Å². The summed E-state index contributed by atoms with van der Waals surface area (Å²) < 4.78 is 1.61. The molecule has 0 saturated heterocycles. The summed E-state index contributed by atoms with van der Waals surface area (Å²) in [5, 5.41) is 4.65. The van der Waals surface area contributed by atoms with Crippen molar-refractivity contribution in [3.63, 3.8) is 0 Å². The number of nitrogens with one attached hydrogen (secondary N) is 1. The first-order chi connectivity index (χ1) is 13.7. The number of aromatic nitrogens is 3. The minimum Gasteiger partial charge on any atom is -0.325 e. The molecule has 3 heterocycles. The van der Waals surface area contributed by atoms with Crippen LogP contribution in [-0.2, 0) is 16.8 Å². The molecule has 0 radical (unpaired) electrons. The second kappa shape index (κ2) is 7.30. The summed E-state index contributed by atoms with van der Waals surface area (Å²) in [5.74, 6) is 0.193. The van der Waals surface area contributed by atoms with Crippen LogP contribution in [0.5, 0.6) is 0 Å². The predicted octanol–water partition coefficient (Wildman–Crippen LogP) is 3.76. The molecule has 7 heteroatoms. The number of amides is 1. The summed E-state index contributed by atoms with van der Waals surface area (Å²) in [6.45, 7) is 8.36. The smallest absolute Gasteiger partial charge is 0.254 e. The van der Waals surface area contributed by atoms with Crippen LogP contribution in [0, 0.1) is 12.8 Å². The van der Waals surface area contributed by atoms with Crippen molar-refractivity contribution in [2.45, 2.75) is 44.8 Å². The Labute approximate surface area is 173 Å². The van der Waals surface area contributed by atoms with Gasteiger partial charge in [-0.05, 0) is 19.1 Å². The monoisotopic (exact) mass is 408 g/mol. The van der Waals surface area contributed by atoms with Gasteiger partial charge in [-0.1, -0.05) is 50.7 Å². The Balaban J connectivity index is 1.59. The zero-order chi connectivity index (χ0) is 20.8. The van der Waals surface area contributed by atoms with Crippen LogP contribution < -0.4 is 10.9 Å². The van der Waals surface area contributed by atoms with Crippen LogP contribution in [0.4, 0.5) is 5.69 Å². The van der Waals surface area contributed by atoms with E-state index in [9.17, 15) is 9.59 Å². The van der Waals surface area contributed by atoms with E-state index in [0.717, 1.165) is 28.0 Å². The number of thioether (sulfide) groups is 1. The number of anilines is 1. The van der Waals surface area contributed by atoms with Crippen molar-refractivity contribution in [2.24, 2.45) is 5.92 Å². The summed E-state index contributed by atoms with van der Waals surface area (Å²) in [5.41, 5.74) is 2.93. The highest BCUT2D eigenvalue weighted by molar-refractivity contribution is 7.99. The molecule has 1 unspecified atom stereocenters. The Morgan fingerprint density at radius 1 is 1.21 bits per heavy atom. The fourth-order valence-electron chi connectivity index (χ4n) is 3.40. The third kappa shape index (κ3) is 3.92. The van der Waals surface area contributed by atoms with E-state index in [2.05, 4.69) is 15.3 Å². The lowest BCUT2D eigenvalue weighted by Crippen LogP contribution is -2.37. The number of rotatable bonds is 2. The zero-order valence-corrected chi connectivity index (χ0v) is 17.8. The molecule has 6 nitrogen and oxygen atoms in total. The van der Waals surface area contributed by atoms with Gasteiger partial charge in [-0.2, -0.15) is 0 Å². The van der Waals surface area contributed by atoms with Gasteiger partial charge >= 0.3 is 0 Å². The molecule has 3 aromatic rings. The highest BCUT2D eigenvalue weighted by Crippen LogP contribution is 2.29. The van der Waals surface area contributed by atoms with Crippen LogP contribution in [0.15, 0.2) is 46.3 Å². The quantitative estimate of drug-likeness (QED) is 0.654. The van der Waals surface area contributed by atoms with E-state index < -0.39 is 0 Å². The second-order valence-corrected chi connectivity index (χ2v) is 9.44. The molecule has 0 fully saturated rings. The minimum atomic E-state index is -0.306. The number of pyridine rings is 1. The van der Waals surface area contributed by atoms with Crippen LogP contribution in [0.2, 0.25) is 0 Å². The highest BCUT2D eigenvalue weighted by Gasteiger charge is 2.29. The van der Waals surface area contributed by atoms with Gasteiger partial charge in [-0.15, -0.1) is 0 Å². The predicted molar refractivity (Wildman–Crippen MR) is 117 cm³/mol. The maximum Gasteiger partial charge on any atom is 0.254 e. The topological polar surface area (TPSA) is 76.9 Å². The van der Waals surface area contributed by atoms with Crippen LogP contribution >= 0.6 is 11.8 Å². The number of fused-ring (bicyclic) bond motifs is 2. The molecule has 0 saturated carbocycles. The lowest BCUT2D eigenvalue weighted by Gasteiger charge is -2.26. The van der Waals surface area contributed by atoms with Gasteiger partial charge in [0.2, 0.25) is 5.91 Å². The second-order valence-electron chi connectivity index (χ2n) is 8.45. The molecule has 1 atom stereocenters. The summed E-state index contributed by atoms with van der Waals surface area (Å²) in [6.07, 6.45) is 0. The molecule has 1 aromatic carbocycles. The number of aryl methyl sites for hydroxylation is 1. The van der Waals surface area contributed by atoms with Gasteiger partial charge in [-0.25, -0.2) is 4.98 Å². The first-order valence-corrected chi connectivity index (χ1v) is 10.6. The van der Waals surface area contributed by atoms with Crippen molar-refractivity contribution in [2.75, 3.05) is 11.1 Å². The molecule has 1 N–H and O–H groups in total. The van der Waals surface area contributed by atoms with Crippen molar-refractivity contribution < 1.29 is 4.79 Å². The Morgan fingerprint density at radius 2 is 1.97 bits per heavy atom. The Hall–Kier alpha value is -2.67. The normalized spacial score (nSPS) is 16.5. The number of nitrogens with zero attached hydrogens (tertiary/aromatic N) is 3. The van der Waals surface area contributed by atoms with E-state index in [4.69, 9.17) is 0 Å². The standard InChI is InChI=1S/C22H24N4O2S/c1-13-9-17(15-7-5-6-8-16(15)23-13)24-20(28)14-11-26-19(27)10-18(22(2,3)4)25-21(26)29-12-14/h5-10,14H,11-12H2,1-4H3,(H,23,24,28). The van der Waals surface area contributed by atoms with Crippen LogP contribution in [0.3, 0.4) is 0 Å². The van der Waals surface area contributed by atoms with E-state index in [-0.39, 0.29) is 22.8 Å². The molecular weight excluding hydrogens is 384 g/mol. The van der Waals surface area contributed by atoms with E-state index in [1.165, 1.54) is 11.8 Å². The van der Waals surface area contributed by atoms with E-state index in [0.29, 0.717) is 17.5 Å². The van der Waals surface area contributed by atoms with Gasteiger partial charge in [0, 0.05) is 34.9 Å². The van der Waals surface area contributed by atoms with Gasteiger partial charge in [-0.3, -0.25) is 19.1 Å². The summed E-state index contributed by atoms with van der Waals surface area (Å²) in [6, 6.07) is 11.2. The van der Waals surface area contributed by atoms with E-state index in [1.54, 1.807) is 10.6 Å². The summed E-state index contributed by atoms with van der Waals surface area (Å²) >= 11 is 1.47. The maximum absolute atomic E-state index is 13.0. The molecule has 4 rings (SSSR count). The molecule has 0 bridgehead atoms. The van der Waals surface area contributed by atoms with Crippen molar-refractivity contribution >= 4 is 34.3 Å². The van der Waals surface area contributed by atoms with Gasteiger partial charge in [0.15, 0.2) is 5.16 Å². The van der Waals surface area contributed by atoms with Crippen LogP contribution in [0.1, 0.15) is 32.2 Å². The molecule has 1 aliphatic rings. The average molecular weight is 409 g/mol. The minimum absolute atomic E-state index is 0.0919. The Kier molecular flexibility index (Phi) is 4.94. The lowest BCUT2D eigenvalue weighted by molar-refractivity contribution is -0.119. The molecule has 2 aromatic heterocycles. The molecule has 0 aliphatic carbocycles. The molecule has 29 heavy (non-hydrogen) atoms. The van der Waals surface area contributed by atoms with E-state index in [1.807, 2.05) is 58.0 Å². The number of benzene rings is 1. The van der Waals surface area contributed by atoms with E-state index >= 15 is 0 Å². The maximum atomic E-state index is 13.0. The van der Waals surface area contributed by atoms with Crippen molar-refractivity contribution in [3.8, 4) is 0 Å². The fraction of sp³-hybridized carbons (Fsp3) is 0.364. The van der Waals surface area contributed by atoms with Crippen molar-refractivity contribution in [1.29, 1.82) is 0 Å². The van der Waals surface area contributed by atoms with Crippen LogP contribution in [0.25, 0.3) is 10.9 Å². The molecule has 150 valence electrons. The Bertz CT molecular complexity index is 1160. The fourth-order valence-corrected chi connectivity index (χ4v) is 4.49. The largest absolute Gasteiger partial charge is 0.325 e. The van der Waals surface area contributed by atoms with Gasteiger partial charge in [0.25, 0.3) is 5.56 Å². The number of para-hydroxylation sites is 1. The number of hydrogen-bond acceptors (Lipinski definition) is 5.